The number of cyclic esters (lactones) is 1. The van der Waals surface area contributed by atoms with Gasteiger partial charge >= 0.3 is 5.97 Å². The summed E-state index contributed by atoms with van der Waals surface area (Å²) in [6.07, 6.45) is 1.56. The van der Waals surface area contributed by atoms with Crippen LogP contribution in [-0.2, 0) is 16.1 Å². The Morgan fingerprint density at radius 2 is 1.58 bits per heavy atom. The van der Waals surface area contributed by atoms with Gasteiger partial charge in [-0.15, -0.1) is 5.10 Å². The summed E-state index contributed by atoms with van der Waals surface area (Å²) < 4.78 is 46.3. The highest BCUT2D eigenvalue weighted by Gasteiger charge is 2.53. The van der Waals surface area contributed by atoms with E-state index in [-0.39, 0.29) is 25.1 Å². The van der Waals surface area contributed by atoms with Crippen molar-refractivity contribution in [3.05, 3.63) is 76.6 Å². The highest BCUT2D eigenvalue weighted by Crippen LogP contribution is 2.55. The van der Waals surface area contributed by atoms with Crippen molar-refractivity contribution in [2.75, 3.05) is 48.9 Å². The maximum absolute atomic E-state index is 13.8. The first-order chi connectivity index (χ1) is 23.4. The van der Waals surface area contributed by atoms with E-state index >= 15 is 0 Å². The molecule has 0 unspecified atom stereocenters. The van der Waals surface area contributed by atoms with E-state index in [9.17, 15) is 9.59 Å². The fraction of sp³-hybridized carbons (Fsp3) is 0.353. The Kier molecular flexibility index (Phi) is 8.07. The van der Waals surface area contributed by atoms with Crippen molar-refractivity contribution in [1.29, 1.82) is 0 Å². The second kappa shape index (κ2) is 12.5. The Hall–Kier alpha value is -5.66. The third-order valence-electron chi connectivity index (χ3n) is 9.12. The minimum absolute atomic E-state index is 0.0566. The van der Waals surface area contributed by atoms with Crippen LogP contribution in [0, 0.1) is 11.8 Å². The molecular weight excluding hydrogens is 624 g/mol. The van der Waals surface area contributed by atoms with Crippen LogP contribution in [0.1, 0.15) is 44.7 Å². The van der Waals surface area contributed by atoms with Crippen molar-refractivity contribution in [2.24, 2.45) is 11.8 Å². The number of rotatable bonds is 10. The molecule has 1 amide bonds. The molecule has 14 heteroatoms. The van der Waals surface area contributed by atoms with Crippen LogP contribution < -0.4 is 38.5 Å². The molecule has 0 saturated carbocycles. The van der Waals surface area contributed by atoms with Crippen LogP contribution >= 0.6 is 0 Å². The van der Waals surface area contributed by atoms with E-state index in [0.29, 0.717) is 46.8 Å². The topological polar surface area (TPSA) is 151 Å². The molecule has 14 nitrogen and oxygen atoms in total. The summed E-state index contributed by atoms with van der Waals surface area (Å²) in [4.78, 5) is 27.3. The predicted octanol–water partition coefficient (Wildman–Crippen LogP) is 3.50. The van der Waals surface area contributed by atoms with Crippen LogP contribution in [0.15, 0.2) is 48.7 Å². The number of hydrogen-bond donors (Lipinski definition) is 1. The molecule has 4 atom stereocenters. The SMILES string of the molecule is COc1ccc(Cn2cc(C(=O)N[C@@H]3c4cc5c(cc4[C@@H](c4cc(OC)c(OC)c(OC)c4)[C@H]4C(=O)OC[C@@H]43)OCO5)nn2)c(OC)c1. The van der Waals surface area contributed by atoms with Gasteiger partial charge in [-0.3, -0.25) is 9.59 Å². The molecule has 1 N–H and O–H groups in total. The number of hydrogen-bond acceptors (Lipinski definition) is 12. The lowest BCUT2D eigenvalue weighted by Crippen LogP contribution is -2.43. The van der Waals surface area contributed by atoms with E-state index < -0.39 is 29.7 Å². The number of esters is 1. The molecule has 1 aliphatic carbocycles. The van der Waals surface area contributed by atoms with Crippen LogP contribution in [0.4, 0.5) is 0 Å². The average molecular weight is 659 g/mol. The molecule has 3 aromatic carbocycles. The summed E-state index contributed by atoms with van der Waals surface area (Å²) >= 11 is 0. The normalized spacial score (nSPS) is 20.3. The highest BCUT2D eigenvalue weighted by atomic mass is 16.7. The molecule has 1 fully saturated rings. The third kappa shape index (κ3) is 5.22. The lowest BCUT2D eigenvalue weighted by atomic mass is 9.65. The Morgan fingerprint density at radius 1 is 0.875 bits per heavy atom. The number of ether oxygens (including phenoxy) is 8. The quantitative estimate of drug-likeness (QED) is 0.249. The van der Waals surface area contributed by atoms with Gasteiger partial charge in [0.25, 0.3) is 5.91 Å². The largest absolute Gasteiger partial charge is 0.497 e. The zero-order valence-electron chi connectivity index (χ0n) is 27.0. The van der Waals surface area contributed by atoms with Crippen LogP contribution in [0.3, 0.4) is 0 Å². The monoisotopic (exact) mass is 658 g/mol. The smallest absolute Gasteiger partial charge is 0.310 e. The molecular formula is C34H34N4O10. The van der Waals surface area contributed by atoms with E-state index in [1.807, 2.05) is 36.4 Å². The van der Waals surface area contributed by atoms with Gasteiger partial charge in [0.1, 0.15) is 11.5 Å². The van der Waals surface area contributed by atoms with Crippen LogP contribution in [0.25, 0.3) is 0 Å². The Balaban J connectivity index is 1.25. The summed E-state index contributed by atoms with van der Waals surface area (Å²) in [6, 6.07) is 12.2. The number of benzene rings is 3. The van der Waals surface area contributed by atoms with Gasteiger partial charge in [0.05, 0.1) is 66.9 Å². The van der Waals surface area contributed by atoms with Crippen LogP contribution in [0.2, 0.25) is 0 Å². The summed E-state index contributed by atoms with van der Waals surface area (Å²) in [5.74, 6) is 1.29. The van der Waals surface area contributed by atoms with Crippen molar-refractivity contribution in [1.82, 2.24) is 20.3 Å². The predicted molar refractivity (Wildman–Crippen MR) is 167 cm³/mol. The van der Waals surface area contributed by atoms with Gasteiger partial charge < -0.3 is 43.2 Å². The van der Waals surface area contributed by atoms with E-state index in [1.165, 1.54) is 21.3 Å². The highest BCUT2D eigenvalue weighted by molar-refractivity contribution is 5.92. The zero-order chi connectivity index (χ0) is 33.5. The molecule has 0 radical (unpaired) electrons. The number of methoxy groups -OCH3 is 5. The second-order valence-electron chi connectivity index (χ2n) is 11.5. The van der Waals surface area contributed by atoms with Crippen molar-refractivity contribution >= 4 is 11.9 Å². The van der Waals surface area contributed by atoms with E-state index in [2.05, 4.69) is 15.6 Å². The minimum atomic E-state index is -0.649. The maximum Gasteiger partial charge on any atom is 0.310 e. The van der Waals surface area contributed by atoms with Gasteiger partial charge in [0.15, 0.2) is 28.7 Å². The van der Waals surface area contributed by atoms with Crippen molar-refractivity contribution in [3.63, 3.8) is 0 Å². The number of aromatic nitrogens is 3. The number of carbonyl (C=O) groups is 2. The molecule has 250 valence electrons. The summed E-state index contributed by atoms with van der Waals surface area (Å²) in [5.41, 5.74) is 3.23. The lowest BCUT2D eigenvalue weighted by Gasteiger charge is -2.39. The first-order valence-corrected chi connectivity index (χ1v) is 15.2. The third-order valence-corrected chi connectivity index (χ3v) is 9.12. The first kappa shape index (κ1) is 31.0. The molecule has 0 bridgehead atoms. The zero-order valence-corrected chi connectivity index (χ0v) is 27.0. The molecule has 1 aromatic heterocycles. The van der Waals surface area contributed by atoms with Crippen molar-refractivity contribution < 1.29 is 47.5 Å². The fourth-order valence-electron chi connectivity index (χ4n) is 6.88. The first-order valence-electron chi connectivity index (χ1n) is 15.2. The number of carbonyl (C=O) groups excluding carboxylic acids is 2. The van der Waals surface area contributed by atoms with Gasteiger partial charge in [-0.1, -0.05) is 5.21 Å². The molecule has 4 aromatic rings. The van der Waals surface area contributed by atoms with Gasteiger partial charge in [-0.2, -0.15) is 0 Å². The van der Waals surface area contributed by atoms with Crippen LogP contribution in [0.5, 0.6) is 40.2 Å². The fourth-order valence-corrected chi connectivity index (χ4v) is 6.88. The number of fused-ring (bicyclic) bond motifs is 3. The van der Waals surface area contributed by atoms with Crippen molar-refractivity contribution in [2.45, 2.75) is 18.5 Å². The summed E-state index contributed by atoms with van der Waals surface area (Å²) in [5, 5.41) is 11.5. The average Bonchev–Trinajstić information content (AvgIpc) is 3.87. The van der Waals surface area contributed by atoms with Crippen molar-refractivity contribution in [3.8, 4) is 40.2 Å². The van der Waals surface area contributed by atoms with E-state index in [0.717, 1.165) is 22.3 Å². The summed E-state index contributed by atoms with van der Waals surface area (Å²) in [6.45, 7) is 0.473. The molecule has 1 saturated heterocycles. The molecule has 3 aliphatic rings. The summed E-state index contributed by atoms with van der Waals surface area (Å²) in [7, 11) is 7.76. The van der Waals surface area contributed by atoms with Gasteiger partial charge in [-0.25, -0.2) is 4.68 Å². The number of amides is 1. The standard InChI is InChI=1S/C34H34N4O10/c1-41-19-7-6-17(24(10-19)42-2)13-38-14-23(36-37-38)33(39)35-31-21-12-26-25(47-16-48-26)11-20(21)29(30-22(31)15-46-34(30)40)18-8-27(43-3)32(45-5)28(9-18)44-4/h6-12,14,22,29-31H,13,15-16H2,1-5H3,(H,35,39)/t22-,29+,30-,31+/m0/s1. The van der Waals surface area contributed by atoms with Gasteiger partial charge in [-0.05, 0) is 53.1 Å². The molecule has 7 rings (SSSR count). The Morgan fingerprint density at radius 3 is 2.25 bits per heavy atom. The Bertz CT molecular complexity index is 1870. The molecule has 48 heavy (non-hydrogen) atoms. The maximum atomic E-state index is 13.8. The molecule has 2 aliphatic heterocycles. The van der Waals surface area contributed by atoms with E-state index in [1.54, 1.807) is 31.2 Å². The second-order valence-corrected chi connectivity index (χ2v) is 11.5. The van der Waals surface area contributed by atoms with Gasteiger partial charge in [0, 0.05) is 23.5 Å². The van der Waals surface area contributed by atoms with Gasteiger partial charge in [0.2, 0.25) is 12.5 Å². The van der Waals surface area contributed by atoms with E-state index in [4.69, 9.17) is 37.9 Å². The molecule has 3 heterocycles. The molecule has 0 spiro atoms. The number of nitrogens with one attached hydrogen (secondary N) is 1. The minimum Gasteiger partial charge on any atom is -0.497 e. The Labute approximate surface area is 275 Å². The lowest BCUT2D eigenvalue weighted by molar-refractivity contribution is -0.141. The number of nitrogens with zero attached hydrogens (tertiary/aromatic N) is 3. The van der Waals surface area contributed by atoms with Crippen LogP contribution in [-0.4, -0.2) is 75.8 Å².